The topological polar surface area (TPSA) is 107 Å². The first-order valence-corrected chi connectivity index (χ1v) is 12.6. The number of pyridine rings is 1. The minimum Gasteiger partial charge on any atom is -0.490 e. The van der Waals surface area contributed by atoms with Crippen LogP contribution in [0.25, 0.3) is 0 Å². The molecule has 0 spiro atoms. The molecular weight excluding hydrogens is 454 g/mol. The average molecular weight is 484 g/mol. The van der Waals surface area contributed by atoms with Crippen molar-refractivity contribution < 1.29 is 22.7 Å². The molecule has 0 aliphatic rings. The highest BCUT2D eigenvalue weighted by molar-refractivity contribution is 7.89. The van der Waals surface area contributed by atoms with Crippen molar-refractivity contribution in [3.63, 3.8) is 0 Å². The Morgan fingerprint density at radius 2 is 1.71 bits per heavy atom. The van der Waals surface area contributed by atoms with Crippen molar-refractivity contribution in [3.05, 3.63) is 78.0 Å². The first kappa shape index (κ1) is 25.2. The highest BCUT2D eigenvalue weighted by Gasteiger charge is 2.17. The molecule has 1 heterocycles. The highest BCUT2D eigenvalue weighted by atomic mass is 32.2. The Hall–Kier alpha value is -3.43. The molecule has 1 aromatic heterocycles. The van der Waals surface area contributed by atoms with Gasteiger partial charge in [-0.2, -0.15) is 0 Å². The van der Waals surface area contributed by atoms with Gasteiger partial charge in [0.1, 0.15) is 0 Å². The SMILES string of the molecule is CCOc1ccccc1Oc1ccc(CNC(=O)c2ccc(S(=O)(=O)NC(C)CC)cc2)cn1. The fourth-order valence-electron chi connectivity index (χ4n) is 2.98. The summed E-state index contributed by atoms with van der Waals surface area (Å²) in [6.07, 6.45) is 2.30. The molecule has 2 aromatic carbocycles. The molecule has 180 valence electrons. The monoisotopic (exact) mass is 483 g/mol. The van der Waals surface area contributed by atoms with E-state index in [9.17, 15) is 13.2 Å². The van der Waals surface area contributed by atoms with Crippen LogP contribution < -0.4 is 19.5 Å². The van der Waals surface area contributed by atoms with Gasteiger partial charge in [-0.25, -0.2) is 18.1 Å². The van der Waals surface area contributed by atoms with E-state index in [1.54, 1.807) is 25.3 Å². The third kappa shape index (κ3) is 6.79. The Kier molecular flexibility index (Phi) is 8.61. The van der Waals surface area contributed by atoms with Gasteiger partial charge in [-0.3, -0.25) is 4.79 Å². The number of para-hydroxylation sites is 2. The first-order valence-electron chi connectivity index (χ1n) is 11.1. The molecule has 1 atom stereocenters. The summed E-state index contributed by atoms with van der Waals surface area (Å²) in [4.78, 5) is 16.9. The van der Waals surface area contributed by atoms with Gasteiger partial charge in [0.2, 0.25) is 15.9 Å². The molecule has 1 unspecified atom stereocenters. The van der Waals surface area contributed by atoms with Crippen molar-refractivity contribution in [1.29, 1.82) is 0 Å². The van der Waals surface area contributed by atoms with E-state index in [0.717, 1.165) is 5.56 Å². The van der Waals surface area contributed by atoms with E-state index in [-0.39, 0.29) is 23.4 Å². The van der Waals surface area contributed by atoms with Crippen LogP contribution in [0.3, 0.4) is 0 Å². The normalized spacial score (nSPS) is 12.1. The summed E-state index contributed by atoms with van der Waals surface area (Å²) in [6, 6.07) is 16.5. The van der Waals surface area contributed by atoms with Gasteiger partial charge in [0, 0.05) is 30.4 Å². The van der Waals surface area contributed by atoms with E-state index in [2.05, 4.69) is 15.0 Å². The van der Waals surface area contributed by atoms with Gasteiger partial charge in [0.25, 0.3) is 5.91 Å². The fourth-order valence-corrected chi connectivity index (χ4v) is 4.31. The molecule has 3 rings (SSSR count). The molecule has 0 bridgehead atoms. The van der Waals surface area contributed by atoms with E-state index in [4.69, 9.17) is 9.47 Å². The van der Waals surface area contributed by atoms with Crippen molar-refractivity contribution in [2.75, 3.05) is 6.61 Å². The largest absolute Gasteiger partial charge is 0.490 e. The van der Waals surface area contributed by atoms with Crippen LogP contribution in [0, 0.1) is 0 Å². The minimum atomic E-state index is -3.61. The molecule has 0 aliphatic heterocycles. The van der Waals surface area contributed by atoms with E-state index in [0.29, 0.717) is 36.0 Å². The van der Waals surface area contributed by atoms with Crippen molar-refractivity contribution >= 4 is 15.9 Å². The van der Waals surface area contributed by atoms with Crippen LogP contribution in [0.1, 0.15) is 43.1 Å². The summed E-state index contributed by atoms with van der Waals surface area (Å²) in [5.41, 5.74) is 1.15. The lowest BCUT2D eigenvalue weighted by Gasteiger charge is -2.12. The van der Waals surface area contributed by atoms with E-state index in [1.165, 1.54) is 24.3 Å². The van der Waals surface area contributed by atoms with Crippen LogP contribution >= 0.6 is 0 Å². The van der Waals surface area contributed by atoms with Crippen LogP contribution in [0.15, 0.2) is 71.8 Å². The number of hydrogen-bond acceptors (Lipinski definition) is 6. The van der Waals surface area contributed by atoms with Gasteiger partial charge in [-0.05, 0) is 62.2 Å². The van der Waals surface area contributed by atoms with Gasteiger partial charge in [0.15, 0.2) is 11.5 Å². The minimum absolute atomic E-state index is 0.120. The summed E-state index contributed by atoms with van der Waals surface area (Å²) in [7, 11) is -3.61. The lowest BCUT2D eigenvalue weighted by Crippen LogP contribution is -2.32. The zero-order chi connectivity index (χ0) is 24.6. The Bertz CT molecular complexity index is 1200. The quantitative estimate of drug-likeness (QED) is 0.422. The summed E-state index contributed by atoms with van der Waals surface area (Å²) >= 11 is 0. The second kappa shape index (κ2) is 11.6. The summed E-state index contributed by atoms with van der Waals surface area (Å²) < 4.78 is 38.7. The second-order valence-corrected chi connectivity index (χ2v) is 9.34. The van der Waals surface area contributed by atoms with Gasteiger partial charge in [0.05, 0.1) is 11.5 Å². The Morgan fingerprint density at radius 3 is 2.32 bits per heavy atom. The molecule has 34 heavy (non-hydrogen) atoms. The lowest BCUT2D eigenvalue weighted by molar-refractivity contribution is 0.0950. The number of carbonyl (C=O) groups is 1. The van der Waals surface area contributed by atoms with Gasteiger partial charge >= 0.3 is 0 Å². The number of ether oxygens (including phenoxy) is 2. The molecule has 2 N–H and O–H groups in total. The third-order valence-corrected chi connectivity index (χ3v) is 6.62. The number of hydrogen-bond donors (Lipinski definition) is 2. The second-order valence-electron chi connectivity index (χ2n) is 7.62. The van der Waals surface area contributed by atoms with Crippen LogP contribution in [-0.4, -0.2) is 32.0 Å². The number of nitrogens with one attached hydrogen (secondary N) is 2. The molecular formula is C25H29N3O5S. The van der Waals surface area contributed by atoms with Crippen LogP contribution in [0.2, 0.25) is 0 Å². The predicted octanol–water partition coefficient (Wildman–Crippen LogP) is 4.28. The highest BCUT2D eigenvalue weighted by Crippen LogP contribution is 2.30. The van der Waals surface area contributed by atoms with E-state index >= 15 is 0 Å². The molecule has 9 heteroatoms. The van der Waals surface area contributed by atoms with E-state index < -0.39 is 10.0 Å². The number of rotatable bonds is 11. The maximum atomic E-state index is 12.5. The van der Waals surface area contributed by atoms with Crippen LogP contribution in [0.4, 0.5) is 0 Å². The number of amides is 1. The van der Waals surface area contributed by atoms with Gasteiger partial charge in [-0.1, -0.05) is 25.1 Å². The molecule has 0 fully saturated rings. The maximum absolute atomic E-state index is 12.5. The molecule has 0 saturated heterocycles. The molecule has 8 nitrogen and oxygen atoms in total. The molecule has 3 aromatic rings. The average Bonchev–Trinajstić information content (AvgIpc) is 2.84. The fraction of sp³-hybridized carbons (Fsp3) is 0.280. The number of carbonyl (C=O) groups excluding carboxylic acids is 1. The summed E-state index contributed by atoms with van der Waals surface area (Å²) in [5.74, 6) is 1.30. The number of benzene rings is 2. The lowest BCUT2D eigenvalue weighted by atomic mass is 10.2. The van der Waals surface area contributed by atoms with Crippen LogP contribution in [0.5, 0.6) is 17.4 Å². The molecule has 0 aliphatic carbocycles. The number of aromatic nitrogens is 1. The standard InChI is InChI=1S/C25H29N3O5S/c1-4-18(3)28-34(30,31)21-13-11-20(12-14-21)25(29)27-17-19-10-15-24(26-16-19)33-23-9-7-6-8-22(23)32-5-2/h6-16,18,28H,4-5,17H2,1-3H3,(H,27,29). The molecule has 0 saturated carbocycles. The van der Waals surface area contributed by atoms with Gasteiger partial charge in [-0.15, -0.1) is 0 Å². The summed E-state index contributed by atoms with van der Waals surface area (Å²) in [5, 5.41) is 2.80. The van der Waals surface area contributed by atoms with Crippen molar-refractivity contribution in [3.8, 4) is 17.4 Å². The maximum Gasteiger partial charge on any atom is 0.251 e. The zero-order valence-corrected chi connectivity index (χ0v) is 20.3. The Labute approximate surface area is 200 Å². The van der Waals surface area contributed by atoms with Crippen molar-refractivity contribution in [1.82, 2.24) is 15.0 Å². The van der Waals surface area contributed by atoms with Crippen molar-refractivity contribution in [2.24, 2.45) is 0 Å². The Morgan fingerprint density at radius 1 is 1.00 bits per heavy atom. The first-order chi connectivity index (χ1) is 16.3. The van der Waals surface area contributed by atoms with Gasteiger partial charge < -0.3 is 14.8 Å². The third-order valence-electron chi connectivity index (χ3n) is 5.01. The van der Waals surface area contributed by atoms with Crippen LogP contribution in [-0.2, 0) is 16.6 Å². The molecule has 0 radical (unpaired) electrons. The number of sulfonamides is 1. The Balaban J connectivity index is 1.57. The van der Waals surface area contributed by atoms with E-state index in [1.807, 2.05) is 38.1 Å². The summed E-state index contributed by atoms with van der Waals surface area (Å²) in [6.45, 7) is 6.39. The smallest absolute Gasteiger partial charge is 0.251 e. The zero-order valence-electron chi connectivity index (χ0n) is 19.4. The molecule has 1 amide bonds. The number of nitrogens with zero attached hydrogens (tertiary/aromatic N) is 1. The van der Waals surface area contributed by atoms with Crippen molar-refractivity contribution in [2.45, 2.75) is 44.7 Å². The predicted molar refractivity (Wildman–Crippen MR) is 130 cm³/mol.